The smallest absolute Gasteiger partial charge is 0.337 e. The molecule has 0 spiro atoms. The Labute approximate surface area is 114 Å². The molecule has 0 heterocycles. The molecule has 102 valence electrons. The van der Waals surface area contributed by atoms with E-state index in [1.54, 1.807) is 24.4 Å². The van der Waals surface area contributed by atoms with Crippen LogP contribution < -0.4 is 0 Å². The lowest BCUT2D eigenvalue weighted by Crippen LogP contribution is -2.24. The van der Waals surface area contributed by atoms with Gasteiger partial charge in [-0.1, -0.05) is 12.1 Å². The van der Waals surface area contributed by atoms with Crippen molar-refractivity contribution in [1.29, 1.82) is 0 Å². The lowest BCUT2D eigenvalue weighted by atomic mass is 10.1. The number of hydrogen-bond donors (Lipinski definition) is 0. The fourth-order valence-corrected chi connectivity index (χ4v) is 2.15. The number of aliphatic imine (C=N–C) groups is 1. The van der Waals surface area contributed by atoms with Crippen molar-refractivity contribution >= 4 is 20.5 Å². The maximum absolute atomic E-state index is 11.4. The molecule has 0 aliphatic heterocycles. The zero-order valence-electron chi connectivity index (χ0n) is 11.8. The maximum Gasteiger partial charge on any atom is 0.337 e. The van der Waals surface area contributed by atoms with Crippen molar-refractivity contribution in [2.24, 2.45) is 4.99 Å². The summed E-state index contributed by atoms with van der Waals surface area (Å²) in [5.41, 5.74) is 1.28. The molecule has 0 amide bonds. The summed E-state index contributed by atoms with van der Waals surface area (Å²) in [5.74, 6) is 0.0232. The van der Waals surface area contributed by atoms with Crippen LogP contribution in [-0.2, 0) is 9.16 Å². The number of ether oxygens (including phenoxy) is 1. The van der Waals surface area contributed by atoms with Crippen LogP contribution in [0.2, 0.25) is 19.6 Å². The van der Waals surface area contributed by atoms with Crippen LogP contribution in [0, 0.1) is 0 Å². The summed E-state index contributed by atoms with van der Waals surface area (Å²) in [6.07, 6.45) is 1.62. The summed E-state index contributed by atoms with van der Waals surface area (Å²) in [6.45, 7) is 9.94. The topological polar surface area (TPSA) is 47.9 Å². The van der Waals surface area contributed by atoms with E-state index in [-0.39, 0.29) is 5.97 Å². The Morgan fingerprint density at radius 2 is 2.05 bits per heavy atom. The Bertz CT molecular complexity index is 504. The highest BCUT2D eigenvalue weighted by Gasteiger charge is 2.16. The second-order valence-corrected chi connectivity index (χ2v) is 9.41. The van der Waals surface area contributed by atoms with Crippen LogP contribution in [0.4, 0.5) is 0 Å². The number of methoxy groups -OCH3 is 1. The molecule has 19 heavy (non-hydrogen) atoms. The van der Waals surface area contributed by atoms with Gasteiger partial charge in [0.25, 0.3) is 0 Å². The monoisotopic (exact) mass is 277 g/mol. The van der Waals surface area contributed by atoms with Crippen LogP contribution in [0.15, 0.2) is 41.7 Å². The third-order valence-electron chi connectivity index (χ3n) is 2.09. The first-order valence-electron chi connectivity index (χ1n) is 5.92. The molecular formula is C14H19NO3Si. The van der Waals surface area contributed by atoms with Gasteiger partial charge in [0.2, 0.25) is 8.32 Å². The lowest BCUT2D eigenvalue weighted by molar-refractivity contribution is 0.0600. The van der Waals surface area contributed by atoms with Crippen LogP contribution >= 0.6 is 0 Å². The summed E-state index contributed by atoms with van der Waals surface area (Å²) in [6, 6.07) is 7.02. The molecule has 0 N–H and O–H groups in total. The Morgan fingerprint density at radius 1 is 1.37 bits per heavy atom. The molecule has 0 aromatic heterocycles. The van der Waals surface area contributed by atoms with E-state index in [1.807, 2.05) is 6.07 Å². The Morgan fingerprint density at radius 3 is 2.63 bits per heavy atom. The van der Waals surface area contributed by atoms with Crippen molar-refractivity contribution in [2.75, 3.05) is 7.11 Å². The summed E-state index contributed by atoms with van der Waals surface area (Å²) >= 11 is 0. The summed E-state index contributed by atoms with van der Waals surface area (Å²) < 4.78 is 10.3. The maximum atomic E-state index is 11.4. The van der Waals surface area contributed by atoms with Gasteiger partial charge in [-0.05, 0) is 43.9 Å². The fraction of sp³-hybridized carbons (Fsp3) is 0.286. The lowest BCUT2D eigenvalue weighted by Gasteiger charge is -2.17. The fourth-order valence-electron chi connectivity index (χ4n) is 1.39. The van der Waals surface area contributed by atoms with Crippen LogP contribution in [0.5, 0.6) is 0 Å². The van der Waals surface area contributed by atoms with E-state index < -0.39 is 8.32 Å². The molecular weight excluding hydrogens is 258 g/mol. The van der Waals surface area contributed by atoms with Gasteiger partial charge in [-0.25, -0.2) is 9.79 Å². The van der Waals surface area contributed by atoms with Crippen molar-refractivity contribution in [3.05, 3.63) is 47.9 Å². The number of rotatable bonds is 5. The molecule has 0 aliphatic carbocycles. The molecule has 0 atom stereocenters. The van der Waals surface area contributed by atoms with Crippen LogP contribution in [0.3, 0.4) is 0 Å². The van der Waals surface area contributed by atoms with E-state index in [9.17, 15) is 4.79 Å². The number of esters is 1. The Kier molecular flexibility index (Phi) is 5.06. The van der Waals surface area contributed by atoms with Gasteiger partial charge in [0.15, 0.2) is 5.88 Å². The van der Waals surface area contributed by atoms with E-state index in [0.717, 1.165) is 5.56 Å². The average Bonchev–Trinajstić information content (AvgIpc) is 2.34. The highest BCUT2D eigenvalue weighted by molar-refractivity contribution is 6.70. The molecule has 4 nitrogen and oxygen atoms in total. The van der Waals surface area contributed by atoms with Gasteiger partial charge < -0.3 is 9.16 Å². The predicted octanol–water partition coefficient (Wildman–Crippen LogP) is 3.21. The first-order valence-corrected chi connectivity index (χ1v) is 9.33. The average molecular weight is 277 g/mol. The molecule has 1 aromatic carbocycles. The SMILES string of the molecule is C=C(/N=C/c1cccc(C(=O)OC)c1)O[Si](C)(C)C. The number of carbonyl (C=O) groups excluding carboxylic acids is 1. The molecule has 0 bridgehead atoms. The zero-order valence-corrected chi connectivity index (χ0v) is 12.8. The molecule has 0 unspecified atom stereocenters. The van der Waals surface area contributed by atoms with Crippen LogP contribution in [0.25, 0.3) is 0 Å². The van der Waals surface area contributed by atoms with E-state index >= 15 is 0 Å². The Hall–Kier alpha value is -1.88. The highest BCUT2D eigenvalue weighted by atomic mass is 28.4. The normalized spacial score (nSPS) is 11.4. The minimum Gasteiger partial charge on any atom is -0.532 e. The molecule has 0 fully saturated rings. The molecule has 0 saturated heterocycles. The molecule has 0 saturated carbocycles. The quantitative estimate of drug-likeness (QED) is 0.359. The van der Waals surface area contributed by atoms with Crippen LogP contribution in [0.1, 0.15) is 15.9 Å². The molecule has 1 aromatic rings. The van der Waals surface area contributed by atoms with Gasteiger partial charge in [0, 0.05) is 6.21 Å². The summed E-state index contributed by atoms with van der Waals surface area (Å²) in [7, 11) is -0.327. The minimum atomic E-state index is -1.68. The van der Waals surface area contributed by atoms with E-state index in [2.05, 4.69) is 35.9 Å². The molecule has 0 aliphatic rings. The summed E-state index contributed by atoms with van der Waals surface area (Å²) in [4.78, 5) is 15.5. The van der Waals surface area contributed by atoms with Gasteiger partial charge >= 0.3 is 5.97 Å². The van der Waals surface area contributed by atoms with Gasteiger partial charge in [0.05, 0.1) is 12.7 Å². The zero-order chi connectivity index (χ0) is 14.5. The molecule has 1 rings (SSSR count). The minimum absolute atomic E-state index is 0.368. The second-order valence-electron chi connectivity index (χ2n) is 4.98. The van der Waals surface area contributed by atoms with Gasteiger partial charge in [-0.2, -0.15) is 0 Å². The second kappa shape index (κ2) is 6.33. The highest BCUT2D eigenvalue weighted by Crippen LogP contribution is 2.10. The number of carbonyl (C=O) groups is 1. The number of hydrogen-bond acceptors (Lipinski definition) is 4. The van der Waals surface area contributed by atoms with E-state index in [4.69, 9.17) is 4.43 Å². The Balaban J connectivity index is 2.77. The molecule has 0 radical (unpaired) electrons. The van der Waals surface area contributed by atoms with Crippen LogP contribution in [-0.4, -0.2) is 27.6 Å². The standard InChI is InChI=1S/C14H19NO3Si/c1-11(18-19(3,4)5)15-10-12-7-6-8-13(9-12)14(16)17-2/h6-10H,1H2,2-5H3/b15-10+. The van der Waals surface area contributed by atoms with Crippen molar-refractivity contribution in [3.63, 3.8) is 0 Å². The summed E-state index contributed by atoms with van der Waals surface area (Å²) in [5, 5.41) is 0. The molecule has 5 heteroatoms. The first-order chi connectivity index (χ1) is 8.81. The van der Waals surface area contributed by atoms with Crippen molar-refractivity contribution in [3.8, 4) is 0 Å². The van der Waals surface area contributed by atoms with Gasteiger partial charge in [0.1, 0.15) is 0 Å². The first kappa shape index (κ1) is 15.2. The van der Waals surface area contributed by atoms with E-state index in [0.29, 0.717) is 11.4 Å². The largest absolute Gasteiger partial charge is 0.532 e. The third-order valence-corrected chi connectivity index (χ3v) is 2.94. The van der Waals surface area contributed by atoms with Gasteiger partial charge in [-0.15, -0.1) is 0 Å². The predicted molar refractivity (Wildman–Crippen MR) is 78.9 cm³/mol. The van der Waals surface area contributed by atoms with Crippen molar-refractivity contribution < 1.29 is 14.0 Å². The van der Waals surface area contributed by atoms with Gasteiger partial charge in [-0.3, -0.25) is 0 Å². The number of nitrogens with zero attached hydrogens (tertiary/aromatic N) is 1. The van der Waals surface area contributed by atoms with Crippen molar-refractivity contribution in [2.45, 2.75) is 19.6 Å². The third kappa shape index (κ3) is 5.52. The van der Waals surface area contributed by atoms with E-state index in [1.165, 1.54) is 7.11 Å². The number of benzene rings is 1. The van der Waals surface area contributed by atoms with Crippen molar-refractivity contribution in [1.82, 2.24) is 0 Å².